The van der Waals surface area contributed by atoms with Crippen LogP contribution in [0.25, 0.3) is 0 Å². The Balaban J connectivity index is 2.28. The largest absolute Gasteiger partial charge is 0.478 e. The molecule has 1 fully saturated rings. The number of aromatic carboxylic acids is 1. The molecule has 1 amide bonds. The second kappa shape index (κ2) is 5.95. The Morgan fingerprint density at radius 3 is 2.40 bits per heavy atom. The lowest BCUT2D eigenvalue weighted by Gasteiger charge is -2.24. The molecule has 20 heavy (non-hydrogen) atoms. The first-order valence-electron chi connectivity index (χ1n) is 6.73. The molecule has 0 unspecified atom stereocenters. The van der Waals surface area contributed by atoms with Crippen LogP contribution in [0.5, 0.6) is 0 Å². The van der Waals surface area contributed by atoms with Crippen molar-refractivity contribution >= 4 is 27.8 Å². The summed E-state index contributed by atoms with van der Waals surface area (Å²) in [5.74, 6) is -0.710. The van der Waals surface area contributed by atoms with E-state index in [-0.39, 0.29) is 11.5 Å². The van der Waals surface area contributed by atoms with Crippen molar-refractivity contribution in [2.24, 2.45) is 5.92 Å². The van der Waals surface area contributed by atoms with E-state index < -0.39 is 5.97 Å². The van der Waals surface area contributed by atoms with E-state index in [2.05, 4.69) is 29.8 Å². The molecule has 0 saturated heterocycles. The summed E-state index contributed by atoms with van der Waals surface area (Å²) in [5.41, 5.74) is 0.562. The normalized spacial score (nSPS) is 14.4. The molecule has 0 heterocycles. The number of hydrogen-bond donors (Lipinski definition) is 1. The zero-order valence-corrected chi connectivity index (χ0v) is 13.2. The molecule has 1 aliphatic rings. The molecule has 1 aromatic rings. The smallest absolute Gasteiger partial charge is 0.335 e. The molecule has 1 N–H and O–H groups in total. The van der Waals surface area contributed by atoms with Gasteiger partial charge in [-0.1, -0.05) is 29.8 Å². The number of halogens is 1. The number of amides is 1. The predicted octanol–water partition coefficient (Wildman–Crippen LogP) is 3.41. The van der Waals surface area contributed by atoms with Crippen molar-refractivity contribution in [3.05, 3.63) is 33.8 Å². The molecular weight excluding hydrogens is 322 g/mol. The summed E-state index contributed by atoms with van der Waals surface area (Å²) < 4.78 is 0.612. The predicted molar refractivity (Wildman–Crippen MR) is 80.0 cm³/mol. The van der Waals surface area contributed by atoms with Crippen molar-refractivity contribution in [3.63, 3.8) is 0 Å². The van der Waals surface area contributed by atoms with E-state index in [1.54, 1.807) is 6.07 Å². The van der Waals surface area contributed by atoms with E-state index in [0.717, 1.165) is 12.8 Å². The highest BCUT2D eigenvalue weighted by Crippen LogP contribution is 2.29. The summed E-state index contributed by atoms with van der Waals surface area (Å²) in [6.07, 6.45) is 2.08. The molecule has 0 aliphatic heterocycles. The number of hydrogen-bond acceptors (Lipinski definition) is 2. The van der Waals surface area contributed by atoms with Crippen LogP contribution in [-0.4, -0.2) is 34.5 Å². The number of nitrogens with zero attached hydrogens (tertiary/aromatic N) is 1. The molecule has 1 aliphatic carbocycles. The summed E-state index contributed by atoms with van der Waals surface area (Å²) in [6, 6.07) is 4.95. The highest BCUT2D eigenvalue weighted by molar-refractivity contribution is 9.10. The summed E-state index contributed by atoms with van der Waals surface area (Å²) in [5, 5.41) is 9.08. The van der Waals surface area contributed by atoms with E-state index in [0.29, 0.717) is 28.5 Å². The summed E-state index contributed by atoms with van der Waals surface area (Å²) in [4.78, 5) is 25.6. The molecule has 108 valence electrons. The van der Waals surface area contributed by atoms with Gasteiger partial charge in [-0.2, -0.15) is 0 Å². The Morgan fingerprint density at radius 2 is 1.90 bits per heavy atom. The minimum Gasteiger partial charge on any atom is -0.478 e. The average Bonchev–Trinajstić information content (AvgIpc) is 3.18. The molecule has 1 saturated carbocycles. The topological polar surface area (TPSA) is 57.6 Å². The molecule has 0 spiro atoms. The number of carbonyl (C=O) groups excluding carboxylic acids is 1. The van der Waals surface area contributed by atoms with E-state index in [9.17, 15) is 9.59 Å². The lowest BCUT2D eigenvalue weighted by atomic mass is 10.1. The van der Waals surface area contributed by atoms with Gasteiger partial charge in [-0.05, 0) is 37.0 Å². The summed E-state index contributed by atoms with van der Waals surface area (Å²) in [7, 11) is 0. The van der Waals surface area contributed by atoms with Gasteiger partial charge in [0.05, 0.1) is 5.56 Å². The third-order valence-corrected chi connectivity index (χ3v) is 3.66. The summed E-state index contributed by atoms with van der Waals surface area (Å²) >= 11 is 3.27. The lowest BCUT2D eigenvalue weighted by Crippen LogP contribution is -2.36. The monoisotopic (exact) mass is 339 g/mol. The van der Waals surface area contributed by atoms with Gasteiger partial charge in [-0.3, -0.25) is 4.79 Å². The molecular formula is C15H18BrNO3. The first-order chi connectivity index (χ1) is 9.38. The van der Waals surface area contributed by atoms with Crippen molar-refractivity contribution in [1.82, 2.24) is 4.90 Å². The van der Waals surface area contributed by atoms with Gasteiger partial charge in [0.1, 0.15) is 0 Å². The Kier molecular flexibility index (Phi) is 4.48. The third kappa shape index (κ3) is 3.60. The second-order valence-electron chi connectivity index (χ2n) is 5.62. The Labute approximate surface area is 126 Å². The molecule has 4 nitrogen and oxygen atoms in total. The third-order valence-electron chi connectivity index (χ3n) is 3.20. The SMILES string of the molecule is CC(C)CN(C(=O)c1cc(Br)cc(C(=O)O)c1)C1CC1. The fourth-order valence-electron chi connectivity index (χ4n) is 2.18. The van der Waals surface area contributed by atoms with E-state index in [1.807, 2.05) is 4.90 Å². The maximum absolute atomic E-state index is 12.6. The van der Waals surface area contributed by atoms with Gasteiger partial charge in [0.2, 0.25) is 0 Å². The highest BCUT2D eigenvalue weighted by atomic mass is 79.9. The lowest BCUT2D eigenvalue weighted by molar-refractivity contribution is 0.0696. The standard InChI is InChI=1S/C15H18BrNO3/c1-9(2)8-17(13-3-4-13)14(18)10-5-11(15(19)20)7-12(16)6-10/h5-7,9,13H,3-4,8H2,1-2H3,(H,19,20). The minimum atomic E-state index is -1.03. The van der Waals surface area contributed by atoms with E-state index >= 15 is 0 Å². The van der Waals surface area contributed by atoms with Crippen molar-refractivity contribution in [2.45, 2.75) is 32.7 Å². The van der Waals surface area contributed by atoms with Crippen LogP contribution in [0.2, 0.25) is 0 Å². The van der Waals surface area contributed by atoms with Crippen LogP contribution in [0.1, 0.15) is 47.4 Å². The van der Waals surface area contributed by atoms with Gasteiger partial charge >= 0.3 is 5.97 Å². The number of carboxylic acids is 1. The van der Waals surface area contributed by atoms with Gasteiger partial charge in [0.15, 0.2) is 0 Å². The number of rotatable bonds is 5. The van der Waals surface area contributed by atoms with Gasteiger partial charge in [0, 0.05) is 22.6 Å². The maximum atomic E-state index is 12.6. The highest BCUT2D eigenvalue weighted by Gasteiger charge is 2.33. The van der Waals surface area contributed by atoms with Crippen LogP contribution in [0, 0.1) is 5.92 Å². The first-order valence-corrected chi connectivity index (χ1v) is 7.52. The van der Waals surface area contributed by atoms with Gasteiger partial charge in [-0.15, -0.1) is 0 Å². The van der Waals surface area contributed by atoms with Crippen molar-refractivity contribution < 1.29 is 14.7 Å². The summed E-state index contributed by atoms with van der Waals surface area (Å²) in [6.45, 7) is 4.86. The molecule has 2 rings (SSSR count). The van der Waals surface area contributed by atoms with Gasteiger partial charge in [-0.25, -0.2) is 4.79 Å². The van der Waals surface area contributed by atoms with Crippen molar-refractivity contribution in [1.29, 1.82) is 0 Å². The molecule has 0 atom stereocenters. The van der Waals surface area contributed by atoms with Crippen LogP contribution >= 0.6 is 15.9 Å². The quantitative estimate of drug-likeness (QED) is 0.894. The van der Waals surface area contributed by atoms with Crippen molar-refractivity contribution in [2.75, 3.05) is 6.54 Å². The molecule has 0 aromatic heterocycles. The van der Waals surface area contributed by atoms with Crippen molar-refractivity contribution in [3.8, 4) is 0 Å². The van der Waals surface area contributed by atoms with Gasteiger partial charge < -0.3 is 10.0 Å². The molecule has 5 heteroatoms. The Hall–Kier alpha value is -1.36. The average molecular weight is 340 g/mol. The number of carboxylic acid groups (broad SMARTS) is 1. The van der Waals surface area contributed by atoms with Crippen LogP contribution in [0.3, 0.4) is 0 Å². The fourth-order valence-corrected chi connectivity index (χ4v) is 2.67. The first kappa shape index (κ1) is 15.0. The molecule has 0 radical (unpaired) electrons. The number of benzene rings is 1. The van der Waals surface area contributed by atoms with E-state index in [1.165, 1.54) is 12.1 Å². The maximum Gasteiger partial charge on any atom is 0.335 e. The molecule has 1 aromatic carbocycles. The van der Waals surface area contributed by atoms with Crippen LogP contribution in [0.15, 0.2) is 22.7 Å². The number of carbonyl (C=O) groups is 2. The fraction of sp³-hybridized carbons (Fsp3) is 0.467. The van der Waals surface area contributed by atoms with Gasteiger partial charge in [0.25, 0.3) is 5.91 Å². The second-order valence-corrected chi connectivity index (χ2v) is 6.53. The van der Waals surface area contributed by atoms with Crippen LogP contribution in [0.4, 0.5) is 0 Å². The van der Waals surface area contributed by atoms with Crippen LogP contribution < -0.4 is 0 Å². The van der Waals surface area contributed by atoms with E-state index in [4.69, 9.17) is 5.11 Å². The zero-order valence-electron chi connectivity index (χ0n) is 11.6. The Bertz CT molecular complexity index is 538. The zero-order chi connectivity index (χ0) is 14.9. The molecule has 0 bridgehead atoms. The minimum absolute atomic E-state index is 0.0787. The Morgan fingerprint density at radius 1 is 1.30 bits per heavy atom. The van der Waals surface area contributed by atoms with Crippen LogP contribution in [-0.2, 0) is 0 Å².